The van der Waals surface area contributed by atoms with E-state index >= 15 is 0 Å². The van der Waals surface area contributed by atoms with Crippen LogP contribution in [0.1, 0.15) is 18.8 Å². The lowest BCUT2D eigenvalue weighted by molar-refractivity contribution is -0.129. The number of rotatable bonds is 4. The van der Waals surface area contributed by atoms with Crippen LogP contribution >= 0.6 is 27.5 Å². The maximum Gasteiger partial charge on any atom is 0.185 e. The van der Waals surface area contributed by atoms with Gasteiger partial charge in [-0.3, -0.25) is 4.79 Å². The van der Waals surface area contributed by atoms with Crippen molar-refractivity contribution in [3.05, 3.63) is 12.7 Å². The largest absolute Gasteiger partial charge is 0.296 e. The zero-order valence-corrected chi connectivity index (χ0v) is 10.5. The lowest BCUT2D eigenvalue weighted by Crippen LogP contribution is -2.35. The molecule has 2 atom stereocenters. The van der Waals surface area contributed by atoms with Crippen LogP contribution < -0.4 is 0 Å². The number of hydrogen-bond donors (Lipinski definition) is 0. The minimum atomic E-state index is -1.74. The second-order valence-corrected chi connectivity index (χ2v) is 4.85. The second-order valence-electron chi connectivity index (χ2n) is 3.60. The van der Waals surface area contributed by atoms with Crippen LogP contribution in [0.2, 0.25) is 0 Å². The summed E-state index contributed by atoms with van der Waals surface area (Å²) in [6, 6.07) is 0. The van der Waals surface area contributed by atoms with Crippen molar-refractivity contribution in [1.82, 2.24) is 14.8 Å². The minimum absolute atomic E-state index is 0.393. The van der Waals surface area contributed by atoms with E-state index in [1.54, 1.807) is 0 Å². The predicted octanol–water partition coefficient (Wildman–Crippen LogP) is 2.30. The Balaban J connectivity index is 2.86. The number of hydrogen-bond acceptors (Lipinski definition) is 3. The highest BCUT2D eigenvalue weighted by Crippen LogP contribution is 2.34. The molecule has 0 aromatic carbocycles. The smallest absolute Gasteiger partial charge is 0.185 e. The molecule has 0 aliphatic carbocycles. The summed E-state index contributed by atoms with van der Waals surface area (Å²) in [5, 5.41) is 3.78. The van der Waals surface area contributed by atoms with Gasteiger partial charge in [0.1, 0.15) is 12.7 Å². The quantitative estimate of drug-likeness (QED) is 0.801. The minimum Gasteiger partial charge on any atom is -0.296 e. The van der Waals surface area contributed by atoms with Crippen molar-refractivity contribution < 1.29 is 9.18 Å². The van der Waals surface area contributed by atoms with Gasteiger partial charge in [0, 0.05) is 0 Å². The lowest BCUT2D eigenvalue weighted by atomic mass is 9.89. The zero-order chi connectivity index (χ0) is 11.6. The first-order valence-electron chi connectivity index (χ1n) is 4.18. The van der Waals surface area contributed by atoms with Crippen LogP contribution in [-0.4, -0.2) is 26.2 Å². The first-order valence-corrected chi connectivity index (χ1v) is 5.53. The van der Waals surface area contributed by atoms with E-state index in [-0.39, 0.29) is 0 Å². The van der Waals surface area contributed by atoms with E-state index in [9.17, 15) is 9.18 Å². The van der Waals surface area contributed by atoms with Crippen molar-refractivity contribution in [2.24, 2.45) is 5.41 Å². The molecule has 1 heterocycles. The number of aromatic nitrogens is 3. The molecule has 1 rings (SSSR count). The van der Waals surface area contributed by atoms with Crippen molar-refractivity contribution in [1.29, 1.82) is 0 Å². The highest BCUT2D eigenvalue weighted by molar-refractivity contribution is 9.09. The molecule has 0 bridgehead atoms. The van der Waals surface area contributed by atoms with Crippen LogP contribution in [0.15, 0.2) is 12.7 Å². The van der Waals surface area contributed by atoms with Crippen molar-refractivity contribution in [2.75, 3.05) is 0 Å². The van der Waals surface area contributed by atoms with Gasteiger partial charge in [0.15, 0.2) is 16.4 Å². The van der Waals surface area contributed by atoms with Crippen LogP contribution in [0.25, 0.3) is 0 Å². The number of Topliss-reactive ketones (excluding diaryl/α,β-unsaturated/α-hetero) is 1. The van der Waals surface area contributed by atoms with E-state index < -0.39 is 21.8 Å². The maximum absolute atomic E-state index is 13.0. The SMILES string of the molecule is CC(C)(C(=O)C(Br)n1cncn1)C(F)Cl. The average molecular weight is 299 g/mol. The fourth-order valence-electron chi connectivity index (χ4n) is 0.869. The average Bonchev–Trinajstić information content (AvgIpc) is 2.67. The van der Waals surface area contributed by atoms with Gasteiger partial charge in [-0.05, 0) is 13.8 Å². The van der Waals surface area contributed by atoms with Crippen LogP contribution in [0.5, 0.6) is 0 Å². The molecular formula is C8H10BrClFN3O. The van der Waals surface area contributed by atoms with Crippen LogP contribution in [-0.2, 0) is 4.79 Å². The number of alkyl halides is 3. The van der Waals surface area contributed by atoms with Gasteiger partial charge in [-0.25, -0.2) is 14.1 Å². The van der Waals surface area contributed by atoms with Gasteiger partial charge < -0.3 is 0 Å². The first-order chi connectivity index (χ1) is 6.87. The van der Waals surface area contributed by atoms with E-state index in [4.69, 9.17) is 11.6 Å². The highest BCUT2D eigenvalue weighted by atomic mass is 79.9. The third-order valence-corrected chi connectivity index (χ3v) is 3.45. The molecule has 84 valence electrons. The Morgan fingerprint density at radius 1 is 1.67 bits per heavy atom. The second kappa shape index (κ2) is 4.57. The molecule has 0 saturated heterocycles. The molecule has 0 N–H and O–H groups in total. The number of halogens is 3. The first kappa shape index (κ1) is 12.6. The Morgan fingerprint density at radius 2 is 2.27 bits per heavy atom. The molecule has 15 heavy (non-hydrogen) atoms. The fraction of sp³-hybridized carbons (Fsp3) is 0.625. The lowest BCUT2D eigenvalue weighted by Gasteiger charge is -2.25. The molecule has 4 nitrogen and oxygen atoms in total. The maximum atomic E-state index is 13.0. The topological polar surface area (TPSA) is 47.8 Å². The van der Waals surface area contributed by atoms with Crippen LogP contribution in [0, 0.1) is 5.41 Å². The summed E-state index contributed by atoms with van der Waals surface area (Å²) in [4.78, 5) is 14.8. The summed E-state index contributed by atoms with van der Waals surface area (Å²) in [6.07, 6.45) is 2.66. The van der Waals surface area contributed by atoms with Crippen LogP contribution in [0.3, 0.4) is 0 Å². The van der Waals surface area contributed by atoms with E-state index in [1.165, 1.54) is 31.2 Å². The normalized spacial score (nSPS) is 16.1. The Hall–Kier alpha value is -0.490. The number of nitrogens with zero attached hydrogens (tertiary/aromatic N) is 3. The molecule has 1 aromatic heterocycles. The molecule has 0 aliphatic rings. The fourth-order valence-corrected chi connectivity index (χ4v) is 1.78. The Morgan fingerprint density at radius 3 is 2.67 bits per heavy atom. The summed E-state index contributed by atoms with van der Waals surface area (Å²) in [5.74, 6) is -0.393. The summed E-state index contributed by atoms with van der Waals surface area (Å²) >= 11 is 8.44. The molecule has 0 amide bonds. The summed E-state index contributed by atoms with van der Waals surface area (Å²) in [6.45, 7) is 2.89. The number of ketones is 1. The monoisotopic (exact) mass is 297 g/mol. The van der Waals surface area contributed by atoms with Gasteiger partial charge in [0.25, 0.3) is 0 Å². The van der Waals surface area contributed by atoms with E-state index in [0.717, 1.165) is 0 Å². The van der Waals surface area contributed by atoms with Crippen molar-refractivity contribution in [2.45, 2.75) is 24.4 Å². The molecule has 0 fully saturated rings. The van der Waals surface area contributed by atoms with Gasteiger partial charge in [-0.2, -0.15) is 5.10 Å². The highest BCUT2D eigenvalue weighted by Gasteiger charge is 2.40. The molecular weight excluding hydrogens is 288 g/mol. The predicted molar refractivity (Wildman–Crippen MR) is 57.5 cm³/mol. The number of carbonyl (C=O) groups is 1. The summed E-state index contributed by atoms with van der Waals surface area (Å²) in [5.41, 5.74) is -3.02. The molecule has 1 aromatic rings. The Bertz CT molecular complexity index is 342. The van der Waals surface area contributed by atoms with Crippen molar-refractivity contribution in [3.8, 4) is 0 Å². The van der Waals surface area contributed by atoms with E-state index in [0.29, 0.717) is 0 Å². The summed E-state index contributed by atoms with van der Waals surface area (Å²) < 4.78 is 14.3. The Kier molecular flexibility index (Phi) is 3.83. The summed E-state index contributed by atoms with van der Waals surface area (Å²) in [7, 11) is 0. The third kappa shape index (κ3) is 2.55. The standard InChI is InChI=1S/C8H10BrClFN3O/c1-8(2,7(10)11)5(15)6(9)14-4-12-3-13-14/h3-4,6-7H,1-2H3. The molecule has 0 spiro atoms. The van der Waals surface area contributed by atoms with Gasteiger partial charge >= 0.3 is 0 Å². The van der Waals surface area contributed by atoms with Gasteiger partial charge in [-0.1, -0.05) is 27.5 Å². The van der Waals surface area contributed by atoms with Crippen molar-refractivity contribution in [3.63, 3.8) is 0 Å². The van der Waals surface area contributed by atoms with Crippen molar-refractivity contribution >= 4 is 33.3 Å². The molecule has 0 saturated carbocycles. The van der Waals surface area contributed by atoms with E-state index in [2.05, 4.69) is 26.0 Å². The molecule has 0 radical (unpaired) electrons. The van der Waals surface area contributed by atoms with Gasteiger partial charge in [0.05, 0.1) is 5.41 Å². The van der Waals surface area contributed by atoms with Gasteiger partial charge in [-0.15, -0.1) is 0 Å². The molecule has 7 heteroatoms. The van der Waals surface area contributed by atoms with E-state index in [1.807, 2.05) is 0 Å². The third-order valence-electron chi connectivity index (χ3n) is 2.07. The van der Waals surface area contributed by atoms with Gasteiger partial charge in [0.2, 0.25) is 0 Å². The molecule has 0 aliphatic heterocycles. The Labute approximate surface area is 99.9 Å². The van der Waals surface area contributed by atoms with Crippen LogP contribution in [0.4, 0.5) is 4.39 Å². The molecule has 2 unspecified atom stereocenters. The number of carbonyl (C=O) groups excluding carboxylic acids is 1. The zero-order valence-electron chi connectivity index (χ0n) is 8.19.